The van der Waals surface area contributed by atoms with Crippen LogP contribution in [0.4, 0.5) is 11.4 Å². The van der Waals surface area contributed by atoms with Gasteiger partial charge in [-0.3, -0.25) is 14.9 Å². The maximum atomic E-state index is 11.7. The highest BCUT2D eigenvalue weighted by molar-refractivity contribution is 6.33. The molecule has 7 heteroatoms. The number of nitrogens with zero attached hydrogens (tertiary/aromatic N) is 1. The minimum absolute atomic E-state index is 0.0961. The molecule has 0 bridgehead atoms. The molecular weight excluding hydrogens is 258 g/mol. The fraction of sp³-hybridized carbons (Fsp3) is 0.364. The van der Waals surface area contributed by atoms with Crippen LogP contribution in [0.2, 0.25) is 5.02 Å². The molecular formula is C11H12ClN3O3. The number of nitrogens with one attached hydrogen (secondary N) is 2. The van der Waals surface area contributed by atoms with Crippen molar-refractivity contribution in [3.8, 4) is 0 Å². The van der Waals surface area contributed by atoms with E-state index in [1.807, 2.05) is 0 Å². The molecule has 1 amide bonds. The van der Waals surface area contributed by atoms with Crippen LogP contribution in [0.3, 0.4) is 0 Å². The number of hydrogen-bond acceptors (Lipinski definition) is 4. The quantitative estimate of drug-likeness (QED) is 0.645. The van der Waals surface area contributed by atoms with E-state index in [0.29, 0.717) is 18.0 Å². The Kier molecular flexibility index (Phi) is 3.78. The summed E-state index contributed by atoms with van der Waals surface area (Å²) in [6, 6.07) is 3.98. The largest absolute Gasteiger partial charge is 0.325 e. The Morgan fingerprint density at radius 3 is 2.78 bits per heavy atom. The Morgan fingerprint density at radius 2 is 2.28 bits per heavy atom. The van der Waals surface area contributed by atoms with Crippen LogP contribution in [0.15, 0.2) is 18.2 Å². The molecule has 0 radical (unpaired) electrons. The Balaban J connectivity index is 2.00. The highest BCUT2D eigenvalue weighted by Gasteiger charge is 2.20. The van der Waals surface area contributed by atoms with Gasteiger partial charge in [0.05, 0.1) is 15.6 Å². The van der Waals surface area contributed by atoms with Crippen LogP contribution in [0, 0.1) is 16.0 Å². The summed E-state index contributed by atoms with van der Waals surface area (Å²) in [6.45, 7) is 1.70. The normalized spacial score (nSPS) is 14.9. The molecule has 1 aliphatic rings. The van der Waals surface area contributed by atoms with E-state index in [-0.39, 0.29) is 16.6 Å². The minimum atomic E-state index is -0.530. The Morgan fingerprint density at radius 1 is 1.56 bits per heavy atom. The van der Waals surface area contributed by atoms with Crippen molar-refractivity contribution < 1.29 is 9.72 Å². The highest BCUT2D eigenvalue weighted by atomic mass is 35.5. The SMILES string of the molecule is O=C(CC1CNC1)Nc1ccc([N+](=O)[O-])cc1Cl. The van der Waals surface area contributed by atoms with Crippen molar-refractivity contribution >= 4 is 28.9 Å². The van der Waals surface area contributed by atoms with Crippen LogP contribution in [-0.2, 0) is 4.79 Å². The van der Waals surface area contributed by atoms with Gasteiger partial charge in [0, 0.05) is 18.6 Å². The first kappa shape index (κ1) is 12.8. The third-order valence-corrected chi connectivity index (χ3v) is 3.09. The van der Waals surface area contributed by atoms with E-state index in [2.05, 4.69) is 10.6 Å². The minimum Gasteiger partial charge on any atom is -0.325 e. The van der Waals surface area contributed by atoms with Gasteiger partial charge in [0.25, 0.3) is 5.69 Å². The van der Waals surface area contributed by atoms with Crippen molar-refractivity contribution in [3.05, 3.63) is 33.3 Å². The van der Waals surface area contributed by atoms with Crippen LogP contribution < -0.4 is 10.6 Å². The van der Waals surface area contributed by atoms with Crippen LogP contribution in [0.1, 0.15) is 6.42 Å². The average molecular weight is 270 g/mol. The van der Waals surface area contributed by atoms with E-state index in [1.165, 1.54) is 18.2 Å². The maximum Gasteiger partial charge on any atom is 0.271 e. The van der Waals surface area contributed by atoms with Crippen LogP contribution >= 0.6 is 11.6 Å². The monoisotopic (exact) mass is 269 g/mol. The number of carbonyl (C=O) groups is 1. The van der Waals surface area contributed by atoms with Gasteiger partial charge in [-0.2, -0.15) is 0 Å². The molecule has 0 aromatic heterocycles. The molecule has 1 aromatic rings. The van der Waals surface area contributed by atoms with Gasteiger partial charge in [0.1, 0.15) is 0 Å². The Bertz CT molecular complexity index is 488. The van der Waals surface area contributed by atoms with E-state index < -0.39 is 4.92 Å². The lowest BCUT2D eigenvalue weighted by atomic mass is 9.99. The van der Waals surface area contributed by atoms with E-state index in [0.717, 1.165) is 13.1 Å². The molecule has 6 nitrogen and oxygen atoms in total. The van der Waals surface area contributed by atoms with Gasteiger partial charge >= 0.3 is 0 Å². The Labute approximate surface area is 108 Å². The lowest BCUT2D eigenvalue weighted by Crippen LogP contribution is -2.43. The fourth-order valence-electron chi connectivity index (χ4n) is 1.68. The molecule has 0 unspecified atom stereocenters. The first-order chi connectivity index (χ1) is 8.56. The van der Waals surface area contributed by atoms with Crippen LogP contribution in [0.5, 0.6) is 0 Å². The van der Waals surface area contributed by atoms with Crippen molar-refractivity contribution in [1.82, 2.24) is 5.32 Å². The standard InChI is InChI=1S/C11H12ClN3O3/c12-9-4-8(15(17)18)1-2-10(9)14-11(16)3-7-5-13-6-7/h1-2,4,7,13H,3,5-6H2,(H,14,16). The molecule has 1 aromatic carbocycles. The van der Waals surface area contributed by atoms with Crippen molar-refractivity contribution in [2.75, 3.05) is 18.4 Å². The lowest BCUT2D eigenvalue weighted by molar-refractivity contribution is -0.384. The number of hydrogen-bond donors (Lipinski definition) is 2. The molecule has 0 atom stereocenters. The second-order valence-electron chi connectivity index (χ2n) is 4.20. The molecule has 1 fully saturated rings. The number of non-ortho nitro benzene ring substituents is 1. The number of benzene rings is 1. The first-order valence-electron chi connectivity index (χ1n) is 5.51. The number of carbonyl (C=O) groups excluding carboxylic acids is 1. The lowest BCUT2D eigenvalue weighted by Gasteiger charge is -2.26. The second-order valence-corrected chi connectivity index (χ2v) is 4.61. The van der Waals surface area contributed by atoms with Crippen LogP contribution in [0.25, 0.3) is 0 Å². The number of nitro benzene ring substituents is 1. The molecule has 0 aliphatic carbocycles. The van der Waals surface area contributed by atoms with Crippen molar-refractivity contribution in [1.29, 1.82) is 0 Å². The maximum absolute atomic E-state index is 11.7. The summed E-state index contributed by atoms with van der Waals surface area (Å²) < 4.78 is 0. The molecule has 18 heavy (non-hydrogen) atoms. The zero-order chi connectivity index (χ0) is 13.1. The number of nitro groups is 1. The van der Waals surface area contributed by atoms with Gasteiger partial charge in [-0.25, -0.2) is 0 Å². The predicted molar refractivity (Wildman–Crippen MR) is 67.7 cm³/mol. The Hall–Kier alpha value is -1.66. The van der Waals surface area contributed by atoms with E-state index >= 15 is 0 Å². The third-order valence-electron chi connectivity index (χ3n) is 2.78. The summed E-state index contributed by atoms with van der Waals surface area (Å²) in [5.74, 6) is 0.235. The van der Waals surface area contributed by atoms with Gasteiger partial charge < -0.3 is 10.6 Å². The number of amides is 1. The van der Waals surface area contributed by atoms with Crippen LogP contribution in [-0.4, -0.2) is 23.9 Å². The zero-order valence-electron chi connectivity index (χ0n) is 9.48. The zero-order valence-corrected chi connectivity index (χ0v) is 10.2. The topological polar surface area (TPSA) is 84.3 Å². The van der Waals surface area contributed by atoms with Crippen molar-refractivity contribution in [3.63, 3.8) is 0 Å². The average Bonchev–Trinajstić information content (AvgIpc) is 2.26. The van der Waals surface area contributed by atoms with E-state index in [4.69, 9.17) is 11.6 Å². The molecule has 0 spiro atoms. The first-order valence-corrected chi connectivity index (χ1v) is 5.88. The summed E-state index contributed by atoms with van der Waals surface area (Å²) >= 11 is 5.87. The number of rotatable bonds is 4. The third kappa shape index (κ3) is 2.96. The second kappa shape index (κ2) is 5.32. The van der Waals surface area contributed by atoms with Crippen molar-refractivity contribution in [2.24, 2.45) is 5.92 Å². The smallest absolute Gasteiger partial charge is 0.271 e. The fourth-order valence-corrected chi connectivity index (χ4v) is 1.90. The summed E-state index contributed by atoms with van der Waals surface area (Å²) in [4.78, 5) is 21.7. The molecule has 1 saturated heterocycles. The summed E-state index contributed by atoms with van der Waals surface area (Å²) in [5.41, 5.74) is 0.306. The predicted octanol–water partition coefficient (Wildman–Crippen LogP) is 1.80. The summed E-state index contributed by atoms with van der Waals surface area (Å²) in [5, 5.41) is 16.4. The number of anilines is 1. The van der Waals surface area contributed by atoms with Gasteiger partial charge in [-0.15, -0.1) is 0 Å². The molecule has 1 aliphatic heterocycles. The molecule has 1 heterocycles. The van der Waals surface area contributed by atoms with Gasteiger partial charge in [-0.1, -0.05) is 11.6 Å². The van der Waals surface area contributed by atoms with Gasteiger partial charge in [-0.05, 0) is 25.1 Å². The highest BCUT2D eigenvalue weighted by Crippen LogP contribution is 2.27. The molecule has 0 saturated carbocycles. The van der Waals surface area contributed by atoms with Gasteiger partial charge in [0.15, 0.2) is 0 Å². The van der Waals surface area contributed by atoms with Crippen molar-refractivity contribution in [2.45, 2.75) is 6.42 Å². The molecule has 2 rings (SSSR count). The van der Waals surface area contributed by atoms with Gasteiger partial charge in [0.2, 0.25) is 5.91 Å². The summed E-state index contributed by atoms with van der Waals surface area (Å²) in [6.07, 6.45) is 0.431. The molecule has 2 N–H and O–H groups in total. The molecule has 96 valence electrons. The van der Waals surface area contributed by atoms with E-state index in [1.54, 1.807) is 0 Å². The number of halogens is 1. The van der Waals surface area contributed by atoms with E-state index in [9.17, 15) is 14.9 Å². The summed E-state index contributed by atoms with van der Waals surface area (Å²) in [7, 11) is 0.